The molecule has 0 saturated carbocycles. The van der Waals surface area contributed by atoms with Crippen molar-refractivity contribution >= 4 is 40.4 Å². The molecule has 2 heterocycles. The number of benzene rings is 2. The van der Waals surface area contributed by atoms with Crippen molar-refractivity contribution in [2.45, 2.75) is 52.2 Å². The van der Waals surface area contributed by atoms with Crippen LogP contribution in [0.3, 0.4) is 0 Å². The molecule has 3 amide bonds. The van der Waals surface area contributed by atoms with Crippen LogP contribution >= 0.6 is 11.8 Å². The van der Waals surface area contributed by atoms with Crippen LogP contribution < -0.4 is 14.4 Å². The Balaban J connectivity index is 1.52. The Morgan fingerprint density at radius 3 is 2.60 bits per heavy atom. The number of hydrogen-bond donors (Lipinski definition) is 0. The summed E-state index contributed by atoms with van der Waals surface area (Å²) in [6, 6.07) is 11.0. The summed E-state index contributed by atoms with van der Waals surface area (Å²) in [7, 11) is 1.55. The van der Waals surface area contributed by atoms with E-state index in [1.807, 2.05) is 32.0 Å². The average Bonchev–Trinajstić information content (AvgIpc) is 3.00. The van der Waals surface area contributed by atoms with Gasteiger partial charge in [0.1, 0.15) is 0 Å². The van der Waals surface area contributed by atoms with Gasteiger partial charge in [-0.1, -0.05) is 31.7 Å². The van der Waals surface area contributed by atoms with Crippen molar-refractivity contribution in [3.63, 3.8) is 0 Å². The molecule has 42 heavy (non-hydrogen) atoms. The SMILES string of the molecule is CCOc1ccc(C(=O)N2CCCc3cc(C4=NN(C(=O)OCCCN(CC)CC)C(=O)SC4C)ccc32)cc1OC. The number of ether oxygens (including phenoxy) is 3. The van der Waals surface area contributed by atoms with Gasteiger partial charge in [-0.25, -0.2) is 4.79 Å². The summed E-state index contributed by atoms with van der Waals surface area (Å²) in [5, 5.41) is 4.56. The van der Waals surface area contributed by atoms with Crippen molar-refractivity contribution in [2.24, 2.45) is 5.10 Å². The van der Waals surface area contributed by atoms with Crippen molar-refractivity contribution in [3.8, 4) is 11.5 Å². The molecule has 0 aromatic heterocycles. The highest BCUT2D eigenvalue weighted by Gasteiger charge is 2.34. The van der Waals surface area contributed by atoms with E-state index in [0.29, 0.717) is 42.3 Å². The quantitative estimate of drug-likeness (QED) is 0.299. The summed E-state index contributed by atoms with van der Waals surface area (Å²) < 4.78 is 16.4. The highest BCUT2D eigenvalue weighted by Crippen LogP contribution is 2.34. The molecular formula is C31H40N4O6S. The van der Waals surface area contributed by atoms with Crippen molar-refractivity contribution < 1.29 is 28.6 Å². The van der Waals surface area contributed by atoms with Crippen molar-refractivity contribution in [3.05, 3.63) is 53.1 Å². The van der Waals surface area contributed by atoms with E-state index in [1.165, 1.54) is 0 Å². The normalized spacial score (nSPS) is 16.7. The molecule has 0 bridgehead atoms. The van der Waals surface area contributed by atoms with Gasteiger partial charge in [-0.3, -0.25) is 9.59 Å². The van der Waals surface area contributed by atoms with Gasteiger partial charge < -0.3 is 24.0 Å². The Kier molecular flexibility index (Phi) is 10.9. The molecular weight excluding hydrogens is 556 g/mol. The lowest BCUT2D eigenvalue weighted by Crippen LogP contribution is -2.39. The van der Waals surface area contributed by atoms with Crippen LogP contribution in [0.4, 0.5) is 15.3 Å². The minimum atomic E-state index is -0.767. The lowest BCUT2D eigenvalue weighted by atomic mass is 9.96. The minimum Gasteiger partial charge on any atom is -0.493 e. The summed E-state index contributed by atoms with van der Waals surface area (Å²) in [5.41, 5.74) is 3.77. The Morgan fingerprint density at radius 2 is 1.88 bits per heavy atom. The molecule has 1 unspecified atom stereocenters. The number of thioether (sulfide) groups is 1. The van der Waals surface area contributed by atoms with E-state index in [2.05, 4.69) is 23.8 Å². The number of carbonyl (C=O) groups excluding carboxylic acids is 3. The summed E-state index contributed by atoms with van der Waals surface area (Å²) in [6.45, 7) is 11.9. The first kappa shape index (κ1) is 31.4. The fourth-order valence-corrected chi connectivity index (χ4v) is 5.95. The predicted octanol–water partition coefficient (Wildman–Crippen LogP) is 5.82. The topological polar surface area (TPSA) is 101 Å². The molecule has 0 radical (unpaired) electrons. The van der Waals surface area contributed by atoms with Crippen LogP contribution in [0.1, 0.15) is 62.0 Å². The molecule has 0 N–H and O–H groups in total. The standard InChI is InChI=1S/C31H40N4O6S/c1-6-33(7-2)16-10-18-41-30(37)35-31(38)42-21(4)28(32-35)23-12-14-25-22(19-23)11-9-17-34(25)29(36)24-13-15-26(40-8-3)27(20-24)39-5/h12-15,19-21H,6-11,16-18H2,1-5H3. The number of fused-ring (bicyclic) bond motifs is 1. The lowest BCUT2D eigenvalue weighted by Gasteiger charge is -2.31. The van der Waals surface area contributed by atoms with Gasteiger partial charge in [-0.05, 0) is 87.7 Å². The number of anilines is 1. The zero-order valence-electron chi connectivity index (χ0n) is 25.1. The molecule has 2 aliphatic heterocycles. The Labute approximate surface area is 252 Å². The van der Waals surface area contributed by atoms with Gasteiger partial charge >= 0.3 is 11.3 Å². The van der Waals surface area contributed by atoms with Crippen molar-refractivity contribution in [1.29, 1.82) is 0 Å². The van der Waals surface area contributed by atoms with E-state index in [-0.39, 0.29) is 17.8 Å². The van der Waals surface area contributed by atoms with Gasteiger partial charge in [-0.2, -0.15) is 5.10 Å². The molecule has 10 nitrogen and oxygen atoms in total. The van der Waals surface area contributed by atoms with Gasteiger partial charge in [0.15, 0.2) is 11.5 Å². The van der Waals surface area contributed by atoms with E-state index in [1.54, 1.807) is 30.2 Å². The Hall–Kier alpha value is -3.57. The summed E-state index contributed by atoms with van der Waals surface area (Å²) in [4.78, 5) is 43.0. The van der Waals surface area contributed by atoms with Crippen molar-refractivity contribution in [1.82, 2.24) is 9.91 Å². The highest BCUT2D eigenvalue weighted by molar-refractivity contribution is 8.14. The first-order chi connectivity index (χ1) is 20.3. The fourth-order valence-electron chi connectivity index (χ4n) is 5.14. The van der Waals surface area contributed by atoms with Crippen LogP contribution in [0.25, 0.3) is 0 Å². The Bertz CT molecular complexity index is 1330. The van der Waals surface area contributed by atoms with Gasteiger partial charge in [0, 0.05) is 24.3 Å². The predicted molar refractivity (Wildman–Crippen MR) is 165 cm³/mol. The van der Waals surface area contributed by atoms with Gasteiger partial charge in [0.25, 0.3) is 5.91 Å². The second-order valence-corrected chi connectivity index (χ2v) is 11.3. The molecule has 0 aliphatic carbocycles. The summed E-state index contributed by atoms with van der Waals surface area (Å²) >= 11 is 1.04. The van der Waals surface area contributed by atoms with E-state index >= 15 is 0 Å². The maximum Gasteiger partial charge on any atom is 0.438 e. The van der Waals surface area contributed by atoms with Crippen LogP contribution in [-0.4, -0.2) is 84.6 Å². The fraction of sp³-hybridized carbons (Fsp3) is 0.484. The zero-order chi connectivity index (χ0) is 30.2. The first-order valence-electron chi connectivity index (χ1n) is 14.6. The van der Waals surface area contributed by atoms with Crippen LogP contribution in [0.2, 0.25) is 0 Å². The van der Waals surface area contributed by atoms with E-state index < -0.39 is 11.3 Å². The maximum absolute atomic E-state index is 13.6. The van der Waals surface area contributed by atoms with Crippen LogP contribution in [0.5, 0.6) is 11.5 Å². The monoisotopic (exact) mass is 596 g/mol. The molecule has 4 rings (SSSR count). The number of aryl methyl sites for hydroxylation is 1. The molecule has 0 saturated heterocycles. The number of rotatable bonds is 11. The van der Waals surface area contributed by atoms with Crippen LogP contribution in [-0.2, 0) is 11.2 Å². The third-order valence-corrected chi connectivity index (χ3v) is 8.36. The zero-order valence-corrected chi connectivity index (χ0v) is 25.9. The largest absolute Gasteiger partial charge is 0.493 e. The summed E-state index contributed by atoms with van der Waals surface area (Å²) in [5.74, 6) is 0.986. The van der Waals surface area contributed by atoms with Gasteiger partial charge in [0.2, 0.25) is 0 Å². The highest BCUT2D eigenvalue weighted by atomic mass is 32.2. The van der Waals surface area contributed by atoms with Gasteiger partial charge in [0.05, 0.1) is 31.3 Å². The molecule has 0 fully saturated rings. The third kappa shape index (κ3) is 7.07. The number of imide groups is 1. The molecule has 226 valence electrons. The maximum atomic E-state index is 13.6. The molecule has 11 heteroatoms. The smallest absolute Gasteiger partial charge is 0.438 e. The second-order valence-electron chi connectivity index (χ2n) is 10.0. The molecule has 2 aliphatic rings. The second kappa shape index (κ2) is 14.6. The minimum absolute atomic E-state index is 0.121. The first-order valence-corrected chi connectivity index (χ1v) is 15.4. The van der Waals surface area contributed by atoms with Crippen LogP contribution in [0.15, 0.2) is 41.5 Å². The number of methoxy groups -OCH3 is 1. The van der Waals surface area contributed by atoms with Crippen LogP contribution in [0, 0.1) is 0 Å². The molecule has 1 atom stereocenters. The third-order valence-electron chi connectivity index (χ3n) is 7.40. The number of carbonyl (C=O) groups is 3. The number of hydrogen-bond acceptors (Lipinski definition) is 9. The number of amides is 3. The van der Waals surface area contributed by atoms with E-state index in [0.717, 1.165) is 66.1 Å². The molecule has 2 aromatic rings. The van der Waals surface area contributed by atoms with E-state index in [9.17, 15) is 14.4 Å². The van der Waals surface area contributed by atoms with E-state index in [4.69, 9.17) is 14.2 Å². The number of hydrazone groups is 1. The number of nitrogens with zero attached hydrogens (tertiary/aromatic N) is 4. The van der Waals surface area contributed by atoms with Crippen molar-refractivity contribution in [2.75, 3.05) is 51.4 Å². The summed E-state index contributed by atoms with van der Waals surface area (Å²) in [6.07, 6.45) is 1.51. The lowest BCUT2D eigenvalue weighted by molar-refractivity contribution is 0.0984. The molecule has 0 spiro atoms. The Morgan fingerprint density at radius 1 is 1.10 bits per heavy atom. The van der Waals surface area contributed by atoms with Gasteiger partial charge in [-0.15, -0.1) is 5.01 Å². The molecule has 2 aromatic carbocycles. The average molecular weight is 597 g/mol.